The fraction of sp³-hybridized carbons (Fsp3) is 0.545. The van der Waals surface area contributed by atoms with Crippen LogP contribution in [0, 0.1) is 17.0 Å². The van der Waals surface area contributed by atoms with E-state index < -0.39 is 11.0 Å². The zero-order chi connectivity index (χ0) is 15.4. The second-order valence-electron chi connectivity index (χ2n) is 4.65. The molecule has 9 nitrogen and oxygen atoms in total. The van der Waals surface area contributed by atoms with Gasteiger partial charge in [-0.05, 0) is 27.7 Å². The molecule has 0 radical (unpaired) electrons. The van der Waals surface area contributed by atoms with Crippen LogP contribution >= 0.6 is 0 Å². The molecule has 4 N–H and O–H groups in total. The van der Waals surface area contributed by atoms with E-state index in [-0.39, 0.29) is 35.1 Å². The maximum absolute atomic E-state index is 11.8. The molecular weight excluding hydrogens is 264 g/mol. The summed E-state index contributed by atoms with van der Waals surface area (Å²) >= 11 is 0. The second kappa shape index (κ2) is 6.13. The van der Waals surface area contributed by atoms with E-state index in [1.165, 1.54) is 6.92 Å². The maximum Gasteiger partial charge on any atom is 0.332 e. The van der Waals surface area contributed by atoms with Crippen LogP contribution in [-0.2, 0) is 4.79 Å². The van der Waals surface area contributed by atoms with Crippen molar-refractivity contribution in [2.45, 2.75) is 39.8 Å². The number of hydrogen-bond acceptors (Lipinski definition) is 7. The number of nitrogens with zero attached hydrogens (tertiary/aromatic N) is 3. The Morgan fingerprint density at radius 1 is 1.35 bits per heavy atom. The molecule has 1 aromatic rings. The average molecular weight is 282 g/mol. The van der Waals surface area contributed by atoms with Crippen molar-refractivity contribution in [1.82, 2.24) is 15.3 Å². The molecular formula is C11H18N6O3. The summed E-state index contributed by atoms with van der Waals surface area (Å²) in [6.45, 7) is 6.68. The monoisotopic (exact) mass is 282 g/mol. The molecule has 1 aromatic heterocycles. The van der Waals surface area contributed by atoms with Gasteiger partial charge in [-0.3, -0.25) is 14.9 Å². The van der Waals surface area contributed by atoms with Gasteiger partial charge < -0.3 is 16.4 Å². The van der Waals surface area contributed by atoms with Crippen LogP contribution in [0.25, 0.3) is 0 Å². The lowest BCUT2D eigenvalue weighted by molar-refractivity contribution is -0.385. The van der Waals surface area contributed by atoms with Crippen LogP contribution in [0.3, 0.4) is 0 Å². The third-order valence-corrected chi connectivity index (χ3v) is 2.44. The number of nitro groups is 1. The molecule has 1 atom stereocenters. The Kier molecular flexibility index (Phi) is 4.78. The summed E-state index contributed by atoms with van der Waals surface area (Å²) in [5.41, 5.74) is 5.33. The molecule has 110 valence electrons. The van der Waals surface area contributed by atoms with E-state index in [4.69, 9.17) is 5.73 Å². The Morgan fingerprint density at radius 2 is 1.95 bits per heavy atom. The van der Waals surface area contributed by atoms with Crippen LogP contribution in [0.4, 0.5) is 17.5 Å². The molecule has 0 aliphatic heterocycles. The van der Waals surface area contributed by atoms with Gasteiger partial charge in [0.05, 0.1) is 4.92 Å². The Bertz CT molecular complexity index is 531. The Balaban J connectivity index is 3.02. The molecule has 9 heteroatoms. The predicted molar refractivity (Wildman–Crippen MR) is 74.2 cm³/mol. The normalized spacial score (nSPS) is 12.1. The third kappa shape index (κ3) is 3.77. The molecule has 0 spiro atoms. The molecule has 1 rings (SSSR count). The molecule has 20 heavy (non-hydrogen) atoms. The molecule has 0 fully saturated rings. The first-order chi connectivity index (χ1) is 9.22. The standard InChI is InChI=1S/C11H18N6O3/c1-5(2)13-10(18)7(4)14-9-8(17(19)20)6(3)15-11(12)16-9/h5,7H,1-4H3,(H,13,18)(H3,12,14,15,16). The highest BCUT2D eigenvalue weighted by Crippen LogP contribution is 2.26. The SMILES string of the molecule is Cc1nc(N)nc(NC(C)C(=O)NC(C)C)c1[N+](=O)[O-]. The van der Waals surface area contributed by atoms with Crippen LogP contribution in [0.5, 0.6) is 0 Å². The molecule has 0 aromatic carbocycles. The number of anilines is 2. The van der Waals surface area contributed by atoms with Gasteiger partial charge in [-0.15, -0.1) is 0 Å². The first-order valence-corrected chi connectivity index (χ1v) is 6.07. The van der Waals surface area contributed by atoms with Gasteiger partial charge >= 0.3 is 5.69 Å². The van der Waals surface area contributed by atoms with Crippen LogP contribution in [0.1, 0.15) is 26.5 Å². The Hall–Kier alpha value is -2.45. The average Bonchev–Trinajstić information content (AvgIpc) is 2.25. The topological polar surface area (TPSA) is 136 Å². The van der Waals surface area contributed by atoms with E-state index in [0.717, 1.165) is 0 Å². The molecule has 1 unspecified atom stereocenters. The van der Waals surface area contributed by atoms with Crippen molar-refractivity contribution in [2.75, 3.05) is 11.1 Å². The third-order valence-electron chi connectivity index (χ3n) is 2.44. The van der Waals surface area contributed by atoms with Crippen LogP contribution in [0.2, 0.25) is 0 Å². The molecule has 0 aliphatic carbocycles. The molecule has 0 saturated carbocycles. The summed E-state index contributed by atoms with van der Waals surface area (Å²) in [5.74, 6) is -0.442. The van der Waals surface area contributed by atoms with Crippen LogP contribution < -0.4 is 16.4 Å². The predicted octanol–water partition coefficient (Wildman–Crippen LogP) is 0.600. The van der Waals surface area contributed by atoms with Gasteiger partial charge in [0.1, 0.15) is 11.7 Å². The highest BCUT2D eigenvalue weighted by atomic mass is 16.6. The fourth-order valence-corrected chi connectivity index (χ4v) is 1.59. The number of aryl methyl sites for hydroxylation is 1. The quantitative estimate of drug-likeness (QED) is 0.531. The lowest BCUT2D eigenvalue weighted by atomic mass is 10.2. The summed E-state index contributed by atoms with van der Waals surface area (Å²) in [6.07, 6.45) is 0. The number of carbonyl (C=O) groups is 1. The number of nitrogens with one attached hydrogen (secondary N) is 2. The number of amides is 1. The van der Waals surface area contributed by atoms with E-state index in [2.05, 4.69) is 20.6 Å². The van der Waals surface area contributed by atoms with E-state index >= 15 is 0 Å². The number of nitrogen functional groups attached to an aromatic ring is 1. The number of carbonyl (C=O) groups excluding carboxylic acids is 1. The lowest BCUT2D eigenvalue weighted by Gasteiger charge is -2.16. The van der Waals surface area contributed by atoms with Crippen LogP contribution in [0.15, 0.2) is 0 Å². The highest BCUT2D eigenvalue weighted by molar-refractivity contribution is 5.84. The Morgan fingerprint density at radius 3 is 2.45 bits per heavy atom. The minimum absolute atomic E-state index is 0.0288. The molecule has 0 bridgehead atoms. The zero-order valence-corrected chi connectivity index (χ0v) is 11.8. The van der Waals surface area contributed by atoms with Crippen molar-refractivity contribution >= 4 is 23.4 Å². The van der Waals surface area contributed by atoms with Gasteiger partial charge in [0.2, 0.25) is 17.7 Å². The van der Waals surface area contributed by atoms with E-state index in [1.807, 2.05) is 13.8 Å². The number of nitrogens with two attached hydrogens (primary N) is 1. The van der Waals surface area contributed by atoms with Gasteiger partial charge in [0, 0.05) is 6.04 Å². The van der Waals surface area contributed by atoms with Gasteiger partial charge in [-0.1, -0.05) is 0 Å². The minimum Gasteiger partial charge on any atom is -0.368 e. The zero-order valence-electron chi connectivity index (χ0n) is 11.8. The van der Waals surface area contributed by atoms with Gasteiger partial charge in [-0.2, -0.15) is 4.98 Å². The van der Waals surface area contributed by atoms with Gasteiger partial charge in [0.15, 0.2) is 0 Å². The summed E-state index contributed by atoms with van der Waals surface area (Å²) in [5, 5.41) is 16.4. The number of hydrogen-bond donors (Lipinski definition) is 3. The molecule has 0 aliphatic rings. The lowest BCUT2D eigenvalue weighted by Crippen LogP contribution is -2.41. The summed E-state index contributed by atoms with van der Waals surface area (Å²) < 4.78 is 0. The van der Waals surface area contributed by atoms with Crippen molar-refractivity contribution in [3.8, 4) is 0 Å². The Labute approximate surface area is 116 Å². The van der Waals surface area contributed by atoms with Crippen molar-refractivity contribution in [3.05, 3.63) is 15.8 Å². The second-order valence-corrected chi connectivity index (χ2v) is 4.65. The van der Waals surface area contributed by atoms with Crippen molar-refractivity contribution < 1.29 is 9.72 Å². The smallest absolute Gasteiger partial charge is 0.332 e. The highest BCUT2D eigenvalue weighted by Gasteiger charge is 2.24. The first-order valence-electron chi connectivity index (χ1n) is 6.07. The molecule has 0 saturated heterocycles. The van der Waals surface area contributed by atoms with E-state index in [1.54, 1.807) is 6.92 Å². The minimum atomic E-state index is -0.690. The van der Waals surface area contributed by atoms with E-state index in [9.17, 15) is 14.9 Å². The number of aromatic nitrogens is 2. The molecule has 1 amide bonds. The summed E-state index contributed by atoms with van der Waals surface area (Å²) in [6, 6.07) is -0.719. The van der Waals surface area contributed by atoms with E-state index in [0.29, 0.717) is 0 Å². The van der Waals surface area contributed by atoms with Gasteiger partial charge in [0.25, 0.3) is 0 Å². The van der Waals surface area contributed by atoms with Crippen molar-refractivity contribution in [1.29, 1.82) is 0 Å². The molecule has 1 heterocycles. The van der Waals surface area contributed by atoms with Crippen molar-refractivity contribution in [2.24, 2.45) is 0 Å². The maximum atomic E-state index is 11.8. The van der Waals surface area contributed by atoms with Gasteiger partial charge in [-0.25, -0.2) is 4.98 Å². The van der Waals surface area contributed by atoms with Crippen LogP contribution in [-0.4, -0.2) is 32.9 Å². The largest absolute Gasteiger partial charge is 0.368 e. The van der Waals surface area contributed by atoms with Crippen molar-refractivity contribution in [3.63, 3.8) is 0 Å². The fourth-order valence-electron chi connectivity index (χ4n) is 1.59. The summed E-state index contributed by atoms with van der Waals surface area (Å²) in [7, 11) is 0. The summed E-state index contributed by atoms with van der Waals surface area (Å²) in [4.78, 5) is 29.7. The first kappa shape index (κ1) is 15.6. The number of rotatable bonds is 5.